The van der Waals surface area contributed by atoms with Gasteiger partial charge < -0.3 is 41.1 Å². The number of nitrogens with zero attached hydrogens (tertiary/aromatic N) is 5. The summed E-state index contributed by atoms with van der Waals surface area (Å²) in [4.78, 5) is 51.7. The topological polar surface area (TPSA) is 210 Å². The van der Waals surface area contributed by atoms with Gasteiger partial charge in [-0.15, -0.1) is 0 Å². The third-order valence-electron chi connectivity index (χ3n) is 4.84. The molecule has 0 fully saturated rings. The Morgan fingerprint density at radius 3 is 1.86 bits per heavy atom. The molecule has 0 bridgehead atoms. The van der Waals surface area contributed by atoms with Crippen LogP contribution < -0.4 is 27.4 Å². The van der Waals surface area contributed by atoms with Crippen molar-refractivity contribution in [3.8, 4) is 0 Å². The van der Waals surface area contributed by atoms with Gasteiger partial charge in [-0.05, 0) is 12.1 Å². The van der Waals surface area contributed by atoms with Crippen LogP contribution in [0.3, 0.4) is 0 Å². The lowest BCUT2D eigenvalue weighted by Crippen LogP contribution is -2.29. The monoisotopic (exact) mass is 502 g/mol. The van der Waals surface area contributed by atoms with Gasteiger partial charge in [-0.1, -0.05) is 0 Å². The highest BCUT2D eigenvalue weighted by Crippen LogP contribution is 2.20. The second-order valence-electron chi connectivity index (χ2n) is 7.54. The molecule has 3 rings (SSSR count). The largest absolute Gasteiger partial charge is 0.370 e. The molecule has 0 aliphatic heterocycles. The zero-order valence-corrected chi connectivity index (χ0v) is 19.4. The van der Waals surface area contributed by atoms with Crippen molar-refractivity contribution in [1.29, 1.82) is 0 Å². The fourth-order valence-corrected chi connectivity index (χ4v) is 3.22. The molecule has 0 saturated carbocycles. The Morgan fingerprint density at radius 2 is 1.39 bits per heavy atom. The van der Waals surface area contributed by atoms with Crippen molar-refractivity contribution >= 4 is 40.7 Å². The van der Waals surface area contributed by atoms with E-state index in [4.69, 9.17) is 17.0 Å². The molecule has 0 spiro atoms. The molecule has 3 amide bonds. The molecule has 15 heteroatoms. The minimum absolute atomic E-state index is 0.0346. The van der Waals surface area contributed by atoms with Crippen molar-refractivity contribution in [2.75, 3.05) is 23.6 Å². The number of hydrogen-bond acceptors (Lipinski definition) is 6. The molecule has 190 valence electrons. The van der Waals surface area contributed by atoms with E-state index in [1.807, 2.05) is 5.32 Å². The quantitative estimate of drug-likeness (QED) is 0.118. The van der Waals surface area contributed by atoms with Crippen molar-refractivity contribution < 1.29 is 24.8 Å². The lowest BCUT2D eigenvalue weighted by atomic mass is 10.3. The molecule has 0 aliphatic rings. The number of carbonyl (C=O) groups is 3. The number of aryl methyl sites for hydroxylation is 3. The van der Waals surface area contributed by atoms with Crippen LogP contribution in [0, 0.1) is 10.1 Å². The van der Waals surface area contributed by atoms with Gasteiger partial charge in [0.25, 0.3) is 23.4 Å². The van der Waals surface area contributed by atoms with Gasteiger partial charge in [0.2, 0.25) is 0 Å². The molecule has 0 atom stereocenters. The average molecular weight is 503 g/mol. The Labute approximate surface area is 210 Å². The van der Waals surface area contributed by atoms with E-state index in [0.29, 0.717) is 0 Å². The number of anilines is 2. The summed E-state index contributed by atoms with van der Waals surface area (Å²) in [5.74, 6) is -2.96. The van der Waals surface area contributed by atoms with Crippen LogP contribution in [0.25, 0.3) is 0 Å². The highest BCUT2D eigenvalue weighted by molar-refractivity contribution is 6.07. The van der Waals surface area contributed by atoms with E-state index < -0.39 is 41.6 Å². The summed E-state index contributed by atoms with van der Waals surface area (Å²) in [5, 5.41) is 18.0. The SMILES string of the molecule is [2H]C([2H])(N=C(N)N)C([2H])([2H])NC(=O)c1cc(NC(=O)c2cc(NC(=O)c3cc([N+](=O)[O-])cn3C)cn2C)cn1C. The Morgan fingerprint density at radius 1 is 0.917 bits per heavy atom. The zero-order valence-electron chi connectivity index (χ0n) is 23.4. The molecule has 3 heterocycles. The van der Waals surface area contributed by atoms with E-state index in [2.05, 4.69) is 15.6 Å². The third-order valence-corrected chi connectivity index (χ3v) is 4.84. The van der Waals surface area contributed by atoms with Gasteiger partial charge in [-0.3, -0.25) is 29.5 Å². The first kappa shape index (κ1) is 20.3. The van der Waals surface area contributed by atoms with E-state index >= 15 is 0 Å². The Kier molecular flexibility index (Phi) is 5.90. The van der Waals surface area contributed by atoms with E-state index in [1.54, 1.807) is 7.05 Å². The minimum Gasteiger partial charge on any atom is -0.370 e. The number of carbonyl (C=O) groups excluding carboxylic acids is 3. The highest BCUT2D eigenvalue weighted by Gasteiger charge is 2.20. The highest BCUT2D eigenvalue weighted by atomic mass is 16.6. The predicted octanol–water partition coefficient (Wildman–Crippen LogP) is 0.118. The maximum atomic E-state index is 12.9. The van der Waals surface area contributed by atoms with Gasteiger partial charge >= 0.3 is 0 Å². The Balaban J connectivity index is 1.73. The lowest BCUT2D eigenvalue weighted by molar-refractivity contribution is -0.384. The summed E-state index contributed by atoms with van der Waals surface area (Å²) < 4.78 is 35.2. The first-order valence-electron chi connectivity index (χ1n) is 12.1. The molecule has 3 aromatic rings. The van der Waals surface area contributed by atoms with Crippen LogP contribution in [-0.2, 0) is 21.1 Å². The number of rotatable bonds is 9. The number of hydrogen-bond donors (Lipinski definition) is 5. The predicted molar refractivity (Wildman–Crippen MR) is 132 cm³/mol. The standard InChI is InChI=1S/C21H26N10O5/c1-28-9-12(6-15(28)18(32)24-4-5-25-21(22)23)26-19(33)16-7-13(10-29(16)2)27-20(34)17-8-14(31(35)36)11-30(17)3/h6-11H,4-5H2,1-3H3,(H,24,32)(H,26,33)(H,27,34)(H4,22,23,25)/i4D2,5D2. The minimum atomic E-state index is -2.99. The number of aliphatic imine (C=N–C) groups is 1. The van der Waals surface area contributed by atoms with Crippen molar-refractivity contribution in [3.63, 3.8) is 0 Å². The van der Waals surface area contributed by atoms with E-state index in [0.717, 1.165) is 6.07 Å². The Bertz CT molecular complexity index is 1530. The van der Waals surface area contributed by atoms with Crippen molar-refractivity contribution in [1.82, 2.24) is 19.0 Å². The van der Waals surface area contributed by atoms with Gasteiger partial charge in [0.15, 0.2) is 5.96 Å². The van der Waals surface area contributed by atoms with Crippen molar-refractivity contribution in [3.05, 3.63) is 64.0 Å². The van der Waals surface area contributed by atoms with E-state index in [-0.39, 0.29) is 34.1 Å². The van der Waals surface area contributed by atoms with Crippen LogP contribution in [0.15, 0.2) is 41.8 Å². The molecule has 0 saturated heterocycles. The van der Waals surface area contributed by atoms with Gasteiger partial charge in [0.05, 0.1) is 34.5 Å². The third kappa shape index (κ3) is 5.88. The van der Waals surface area contributed by atoms with E-state index in [9.17, 15) is 24.5 Å². The second-order valence-corrected chi connectivity index (χ2v) is 7.54. The number of aromatic nitrogens is 3. The molecular formula is C21H26N10O5. The van der Waals surface area contributed by atoms with Gasteiger partial charge in [-0.2, -0.15) is 0 Å². The molecule has 7 N–H and O–H groups in total. The molecule has 0 aliphatic carbocycles. The fraction of sp³-hybridized carbons (Fsp3) is 0.238. The first-order valence-corrected chi connectivity index (χ1v) is 10.1. The van der Waals surface area contributed by atoms with Crippen LogP contribution >= 0.6 is 0 Å². The van der Waals surface area contributed by atoms with Crippen LogP contribution in [0.1, 0.15) is 36.9 Å². The van der Waals surface area contributed by atoms with Crippen molar-refractivity contribution in [2.24, 2.45) is 37.6 Å². The van der Waals surface area contributed by atoms with Crippen molar-refractivity contribution in [2.45, 2.75) is 0 Å². The van der Waals surface area contributed by atoms with Gasteiger partial charge in [-0.25, -0.2) is 0 Å². The van der Waals surface area contributed by atoms with Gasteiger partial charge in [0, 0.05) is 46.1 Å². The van der Waals surface area contributed by atoms with E-state index in [1.165, 1.54) is 58.5 Å². The number of nitrogens with two attached hydrogens (primary N) is 2. The summed E-state index contributed by atoms with van der Waals surface area (Å²) >= 11 is 0. The lowest BCUT2D eigenvalue weighted by Gasteiger charge is -2.04. The van der Waals surface area contributed by atoms with Crippen LogP contribution in [0.2, 0.25) is 0 Å². The molecule has 3 aromatic heterocycles. The molecule has 15 nitrogen and oxygen atoms in total. The second kappa shape index (κ2) is 10.5. The normalized spacial score (nSPS) is 13.0. The molecular weight excluding hydrogens is 472 g/mol. The molecule has 0 aromatic carbocycles. The number of amides is 3. The summed E-state index contributed by atoms with van der Waals surface area (Å²) in [6, 6.07) is 3.74. The molecule has 0 radical (unpaired) electrons. The summed E-state index contributed by atoms with van der Waals surface area (Å²) in [6.45, 7) is -5.96. The molecule has 0 unspecified atom stereocenters. The summed E-state index contributed by atoms with van der Waals surface area (Å²) in [5.41, 5.74) is 10.5. The van der Waals surface area contributed by atoms with Crippen LogP contribution in [0.4, 0.5) is 17.1 Å². The number of guanidine groups is 1. The first-order chi connectivity index (χ1) is 18.4. The van der Waals surface area contributed by atoms with Crippen LogP contribution in [0.5, 0.6) is 0 Å². The summed E-state index contributed by atoms with van der Waals surface area (Å²) in [6.07, 6.45) is 4.03. The number of nitrogens with one attached hydrogen (secondary N) is 3. The smallest absolute Gasteiger partial charge is 0.287 e. The maximum Gasteiger partial charge on any atom is 0.287 e. The zero-order chi connectivity index (χ0) is 30.2. The van der Waals surface area contributed by atoms with Gasteiger partial charge in [0.1, 0.15) is 17.1 Å². The Hall–Kier alpha value is -5.08. The maximum absolute atomic E-state index is 12.9. The summed E-state index contributed by atoms with van der Waals surface area (Å²) in [7, 11) is 4.48. The van der Waals surface area contributed by atoms with Crippen LogP contribution in [-0.4, -0.2) is 55.3 Å². The number of nitro groups is 1. The fourth-order valence-electron chi connectivity index (χ4n) is 3.22. The molecule has 36 heavy (non-hydrogen) atoms. The average Bonchev–Trinajstić information content (AvgIpc) is 3.48.